The molecule has 0 aromatic rings. The molecule has 1 aliphatic heterocycles. The SMILES string of the molecule is CCOC1CC(N)(C(=O)N(C)CC2CCCCO2)C1(C)C.Cl. The summed E-state index contributed by atoms with van der Waals surface area (Å²) in [5, 5.41) is 0. The van der Waals surface area contributed by atoms with E-state index in [9.17, 15) is 4.79 Å². The predicted octanol–water partition coefficient (Wildman–Crippen LogP) is 1.97. The normalized spacial score (nSPS) is 33.5. The topological polar surface area (TPSA) is 64.8 Å². The molecule has 1 heterocycles. The molecule has 1 amide bonds. The number of hydrogen-bond donors (Lipinski definition) is 1. The summed E-state index contributed by atoms with van der Waals surface area (Å²) < 4.78 is 11.4. The van der Waals surface area contributed by atoms with Gasteiger partial charge in [-0.3, -0.25) is 4.79 Å². The van der Waals surface area contributed by atoms with E-state index in [-0.39, 0.29) is 35.9 Å². The lowest BCUT2D eigenvalue weighted by molar-refractivity contribution is -0.179. The van der Waals surface area contributed by atoms with Crippen LogP contribution in [0.3, 0.4) is 0 Å². The zero-order valence-electron chi connectivity index (χ0n) is 14.3. The lowest BCUT2D eigenvalue weighted by Gasteiger charge is -2.58. The molecule has 5 nitrogen and oxygen atoms in total. The fourth-order valence-electron chi connectivity index (χ4n) is 3.48. The Hall–Kier alpha value is -0.360. The molecule has 2 aliphatic rings. The highest BCUT2D eigenvalue weighted by molar-refractivity contribution is 5.88. The van der Waals surface area contributed by atoms with Crippen LogP contribution in [0.5, 0.6) is 0 Å². The van der Waals surface area contributed by atoms with E-state index in [4.69, 9.17) is 15.2 Å². The Labute approximate surface area is 140 Å². The van der Waals surface area contributed by atoms with E-state index < -0.39 is 5.54 Å². The molecule has 2 fully saturated rings. The molecular formula is C16H31ClN2O3. The third-order valence-electron chi connectivity index (χ3n) is 5.31. The second-order valence-corrected chi connectivity index (χ2v) is 7.02. The first kappa shape index (κ1) is 19.7. The largest absolute Gasteiger partial charge is 0.378 e. The van der Waals surface area contributed by atoms with Gasteiger partial charge in [0.15, 0.2) is 0 Å². The quantitative estimate of drug-likeness (QED) is 0.834. The minimum absolute atomic E-state index is 0. The number of ether oxygens (including phenoxy) is 2. The second kappa shape index (κ2) is 7.47. The van der Waals surface area contributed by atoms with Crippen LogP contribution in [0.1, 0.15) is 46.5 Å². The molecular weight excluding hydrogens is 304 g/mol. The third-order valence-corrected chi connectivity index (χ3v) is 5.31. The van der Waals surface area contributed by atoms with Crippen molar-refractivity contribution in [1.29, 1.82) is 0 Å². The van der Waals surface area contributed by atoms with Crippen molar-refractivity contribution in [3.8, 4) is 0 Å². The molecule has 0 aromatic carbocycles. The smallest absolute Gasteiger partial charge is 0.243 e. The van der Waals surface area contributed by atoms with Gasteiger partial charge in [-0.25, -0.2) is 0 Å². The first-order valence-corrected chi connectivity index (χ1v) is 8.10. The van der Waals surface area contributed by atoms with Crippen molar-refractivity contribution in [2.45, 2.75) is 64.2 Å². The average molecular weight is 335 g/mol. The molecule has 0 aromatic heterocycles. The van der Waals surface area contributed by atoms with Gasteiger partial charge in [0.05, 0.1) is 12.2 Å². The van der Waals surface area contributed by atoms with E-state index >= 15 is 0 Å². The summed E-state index contributed by atoms with van der Waals surface area (Å²) >= 11 is 0. The maximum absolute atomic E-state index is 12.8. The van der Waals surface area contributed by atoms with Crippen LogP contribution in [-0.4, -0.2) is 55.4 Å². The van der Waals surface area contributed by atoms with Gasteiger partial charge in [0.25, 0.3) is 0 Å². The molecule has 1 saturated heterocycles. The molecule has 3 atom stereocenters. The molecule has 6 heteroatoms. The van der Waals surface area contributed by atoms with Crippen LogP contribution in [0, 0.1) is 5.41 Å². The highest BCUT2D eigenvalue weighted by atomic mass is 35.5. The summed E-state index contributed by atoms with van der Waals surface area (Å²) in [6.07, 6.45) is 4.15. The maximum atomic E-state index is 12.8. The molecule has 1 saturated carbocycles. The Kier molecular flexibility index (Phi) is 6.69. The Morgan fingerprint density at radius 3 is 2.59 bits per heavy atom. The van der Waals surface area contributed by atoms with Gasteiger partial charge in [-0.05, 0) is 26.2 Å². The van der Waals surface area contributed by atoms with Crippen LogP contribution in [0.4, 0.5) is 0 Å². The highest BCUT2D eigenvalue weighted by Crippen LogP contribution is 2.50. The van der Waals surface area contributed by atoms with Crippen LogP contribution in [0.25, 0.3) is 0 Å². The van der Waals surface area contributed by atoms with E-state index in [1.165, 1.54) is 6.42 Å². The molecule has 2 N–H and O–H groups in total. The van der Waals surface area contributed by atoms with Gasteiger partial charge < -0.3 is 20.1 Å². The number of rotatable bonds is 5. The van der Waals surface area contributed by atoms with Gasteiger partial charge in [0.1, 0.15) is 5.54 Å². The van der Waals surface area contributed by atoms with Crippen molar-refractivity contribution in [2.75, 3.05) is 26.8 Å². The number of amides is 1. The number of nitrogens with zero attached hydrogens (tertiary/aromatic N) is 1. The van der Waals surface area contributed by atoms with Crippen molar-refractivity contribution in [3.63, 3.8) is 0 Å². The Morgan fingerprint density at radius 2 is 2.09 bits per heavy atom. The standard InChI is InChI=1S/C16H30N2O3.ClH/c1-5-20-13-10-16(17,15(13,2)3)14(19)18(4)11-12-8-6-7-9-21-12;/h12-13H,5-11,17H2,1-4H3;1H. The van der Waals surface area contributed by atoms with Crippen LogP contribution < -0.4 is 5.73 Å². The zero-order chi connectivity index (χ0) is 15.7. The summed E-state index contributed by atoms with van der Waals surface area (Å²) in [4.78, 5) is 14.5. The van der Waals surface area contributed by atoms with E-state index in [0.29, 0.717) is 19.6 Å². The first-order valence-electron chi connectivity index (χ1n) is 8.10. The maximum Gasteiger partial charge on any atom is 0.243 e. The summed E-state index contributed by atoms with van der Waals surface area (Å²) in [7, 11) is 1.83. The summed E-state index contributed by atoms with van der Waals surface area (Å²) in [5.74, 6) is 0.0117. The van der Waals surface area contributed by atoms with Crippen LogP contribution in [0.15, 0.2) is 0 Å². The van der Waals surface area contributed by atoms with Crippen LogP contribution >= 0.6 is 12.4 Å². The van der Waals surface area contributed by atoms with Gasteiger partial charge in [-0.2, -0.15) is 0 Å². The third kappa shape index (κ3) is 3.42. The van der Waals surface area contributed by atoms with Gasteiger partial charge in [-0.15, -0.1) is 12.4 Å². The highest BCUT2D eigenvalue weighted by Gasteiger charge is 2.63. The predicted molar refractivity (Wildman–Crippen MR) is 89.2 cm³/mol. The number of carbonyl (C=O) groups excluding carboxylic acids is 1. The van der Waals surface area contributed by atoms with E-state index in [2.05, 4.69) is 0 Å². The molecule has 3 unspecified atom stereocenters. The van der Waals surface area contributed by atoms with Gasteiger partial charge in [-0.1, -0.05) is 13.8 Å². The number of carbonyl (C=O) groups is 1. The molecule has 1 aliphatic carbocycles. The van der Waals surface area contributed by atoms with Gasteiger partial charge in [0.2, 0.25) is 5.91 Å². The van der Waals surface area contributed by atoms with Gasteiger partial charge in [0, 0.05) is 38.6 Å². The Morgan fingerprint density at radius 1 is 1.41 bits per heavy atom. The van der Waals surface area contributed by atoms with Crippen molar-refractivity contribution >= 4 is 18.3 Å². The minimum atomic E-state index is -0.823. The van der Waals surface area contributed by atoms with Crippen molar-refractivity contribution in [2.24, 2.45) is 11.1 Å². The number of likely N-dealkylation sites (N-methyl/N-ethyl adjacent to an activating group) is 1. The monoisotopic (exact) mass is 334 g/mol. The molecule has 22 heavy (non-hydrogen) atoms. The van der Waals surface area contributed by atoms with Crippen LogP contribution in [0.2, 0.25) is 0 Å². The molecule has 0 radical (unpaired) electrons. The van der Waals surface area contributed by atoms with Crippen molar-refractivity contribution < 1.29 is 14.3 Å². The molecule has 130 valence electrons. The van der Waals surface area contributed by atoms with Crippen LogP contribution in [-0.2, 0) is 14.3 Å². The zero-order valence-corrected chi connectivity index (χ0v) is 15.1. The molecule has 0 bridgehead atoms. The lowest BCUT2D eigenvalue weighted by Crippen LogP contribution is -2.76. The fraction of sp³-hybridized carbons (Fsp3) is 0.938. The molecule has 2 rings (SSSR count). The van der Waals surface area contributed by atoms with E-state index in [0.717, 1.165) is 19.4 Å². The summed E-state index contributed by atoms with van der Waals surface area (Å²) in [5.41, 5.74) is 5.28. The first-order chi connectivity index (χ1) is 9.83. The van der Waals surface area contributed by atoms with Crippen molar-refractivity contribution in [3.05, 3.63) is 0 Å². The van der Waals surface area contributed by atoms with Gasteiger partial charge >= 0.3 is 0 Å². The number of nitrogens with two attached hydrogens (primary N) is 1. The average Bonchev–Trinajstić information content (AvgIpc) is 2.47. The summed E-state index contributed by atoms with van der Waals surface area (Å²) in [6.45, 7) is 8.12. The second-order valence-electron chi connectivity index (χ2n) is 7.02. The minimum Gasteiger partial charge on any atom is -0.378 e. The van der Waals surface area contributed by atoms with E-state index in [1.54, 1.807) is 4.90 Å². The number of hydrogen-bond acceptors (Lipinski definition) is 4. The lowest BCUT2D eigenvalue weighted by atomic mass is 9.54. The van der Waals surface area contributed by atoms with Crippen molar-refractivity contribution in [1.82, 2.24) is 4.90 Å². The Balaban J connectivity index is 0.00000242. The molecule has 0 spiro atoms. The number of halogens is 1. The Bertz CT molecular complexity index is 386. The van der Waals surface area contributed by atoms with E-state index in [1.807, 2.05) is 27.8 Å². The summed E-state index contributed by atoms with van der Waals surface area (Å²) in [6, 6.07) is 0. The fourth-order valence-corrected chi connectivity index (χ4v) is 3.48.